The summed E-state index contributed by atoms with van der Waals surface area (Å²) in [5.41, 5.74) is 0.421. The van der Waals surface area contributed by atoms with Crippen molar-refractivity contribution in [1.82, 2.24) is 14.1 Å². The molecule has 0 atom stereocenters. The van der Waals surface area contributed by atoms with Crippen LogP contribution in [-0.4, -0.2) is 81.2 Å². The van der Waals surface area contributed by atoms with E-state index in [0.29, 0.717) is 43.4 Å². The number of aryl methyl sites for hydroxylation is 1. The lowest BCUT2D eigenvalue weighted by Gasteiger charge is -2.33. The van der Waals surface area contributed by atoms with E-state index in [1.807, 2.05) is 4.90 Å². The highest BCUT2D eigenvalue weighted by Crippen LogP contribution is 2.18. The molecule has 2 heterocycles. The van der Waals surface area contributed by atoms with Crippen molar-refractivity contribution in [1.29, 1.82) is 0 Å². The van der Waals surface area contributed by atoms with Crippen molar-refractivity contribution >= 4 is 27.5 Å². The van der Waals surface area contributed by atoms with Crippen molar-refractivity contribution in [2.45, 2.75) is 11.8 Å². The smallest absolute Gasteiger partial charge is 0.289 e. The highest BCUT2D eigenvalue weighted by molar-refractivity contribution is 7.89. The zero-order valence-electron chi connectivity index (χ0n) is 17.3. The van der Waals surface area contributed by atoms with Gasteiger partial charge < -0.3 is 14.6 Å². The number of nitrogens with one attached hydrogen (secondary N) is 1. The first kappa shape index (κ1) is 22.0. The molecule has 2 aromatic rings. The fourth-order valence-electron chi connectivity index (χ4n) is 3.16. The Balaban J connectivity index is 1.52. The molecular weight excluding hydrogens is 408 g/mol. The molecule has 3 rings (SSSR count). The van der Waals surface area contributed by atoms with E-state index < -0.39 is 10.0 Å². The van der Waals surface area contributed by atoms with Gasteiger partial charge in [0.15, 0.2) is 5.76 Å². The molecule has 0 aliphatic carbocycles. The van der Waals surface area contributed by atoms with Gasteiger partial charge in [-0.05, 0) is 37.3 Å². The summed E-state index contributed by atoms with van der Waals surface area (Å²) in [6.45, 7) is 4.08. The zero-order chi connectivity index (χ0) is 21.9. The maximum Gasteiger partial charge on any atom is 0.289 e. The van der Waals surface area contributed by atoms with Gasteiger partial charge in [-0.25, -0.2) is 12.7 Å². The van der Waals surface area contributed by atoms with Gasteiger partial charge in [0.05, 0.1) is 11.4 Å². The third kappa shape index (κ3) is 5.07. The predicted molar refractivity (Wildman–Crippen MR) is 112 cm³/mol. The van der Waals surface area contributed by atoms with Crippen LogP contribution in [0.4, 0.5) is 5.69 Å². The molecule has 10 heteroatoms. The zero-order valence-corrected chi connectivity index (χ0v) is 18.1. The van der Waals surface area contributed by atoms with Gasteiger partial charge in [0.25, 0.3) is 5.91 Å². The summed E-state index contributed by atoms with van der Waals surface area (Å²) >= 11 is 0. The van der Waals surface area contributed by atoms with Crippen LogP contribution in [0.25, 0.3) is 0 Å². The highest BCUT2D eigenvalue weighted by Gasteiger charge is 2.25. The Morgan fingerprint density at radius 3 is 2.40 bits per heavy atom. The fourth-order valence-corrected chi connectivity index (χ4v) is 4.11. The molecule has 1 aromatic heterocycles. The monoisotopic (exact) mass is 434 g/mol. The van der Waals surface area contributed by atoms with Crippen LogP contribution in [0.2, 0.25) is 0 Å². The van der Waals surface area contributed by atoms with E-state index in [1.165, 1.54) is 26.2 Å². The van der Waals surface area contributed by atoms with Gasteiger partial charge in [0.1, 0.15) is 5.76 Å². The number of anilines is 1. The Kier molecular flexibility index (Phi) is 6.59. The van der Waals surface area contributed by atoms with Crippen molar-refractivity contribution in [2.24, 2.45) is 0 Å². The van der Waals surface area contributed by atoms with Gasteiger partial charge in [-0.1, -0.05) is 6.07 Å². The van der Waals surface area contributed by atoms with Crippen LogP contribution in [0.1, 0.15) is 16.3 Å². The number of nitrogens with zero attached hydrogens (tertiary/aromatic N) is 3. The number of carbonyl (C=O) groups is 2. The number of sulfonamides is 1. The second-order valence-corrected chi connectivity index (χ2v) is 9.49. The van der Waals surface area contributed by atoms with E-state index in [1.54, 1.807) is 36.1 Å². The van der Waals surface area contributed by atoms with E-state index in [-0.39, 0.29) is 23.3 Å². The minimum Gasteiger partial charge on any atom is -0.456 e. The Morgan fingerprint density at radius 2 is 1.80 bits per heavy atom. The highest BCUT2D eigenvalue weighted by atomic mass is 32.2. The number of rotatable bonds is 6. The Morgan fingerprint density at radius 1 is 1.10 bits per heavy atom. The van der Waals surface area contributed by atoms with E-state index >= 15 is 0 Å². The summed E-state index contributed by atoms with van der Waals surface area (Å²) in [6, 6.07) is 9.59. The third-order valence-electron chi connectivity index (χ3n) is 4.87. The lowest BCUT2D eigenvalue weighted by atomic mass is 10.2. The number of piperazine rings is 1. The molecule has 0 bridgehead atoms. The average molecular weight is 435 g/mol. The normalized spacial score (nSPS) is 15.4. The largest absolute Gasteiger partial charge is 0.456 e. The van der Waals surface area contributed by atoms with E-state index in [9.17, 15) is 18.0 Å². The van der Waals surface area contributed by atoms with Crippen molar-refractivity contribution < 1.29 is 22.4 Å². The lowest BCUT2D eigenvalue weighted by molar-refractivity contribution is -0.117. The van der Waals surface area contributed by atoms with Gasteiger partial charge in [-0.2, -0.15) is 0 Å². The van der Waals surface area contributed by atoms with E-state index in [0.717, 1.165) is 4.31 Å². The Bertz CT molecular complexity index is 1020. The maximum atomic E-state index is 12.4. The van der Waals surface area contributed by atoms with Crippen LogP contribution in [0, 0.1) is 6.92 Å². The molecule has 1 N–H and O–H groups in total. The molecule has 2 amide bonds. The van der Waals surface area contributed by atoms with Gasteiger partial charge in [-0.3, -0.25) is 14.5 Å². The number of furan rings is 1. The van der Waals surface area contributed by atoms with Crippen LogP contribution < -0.4 is 5.32 Å². The van der Waals surface area contributed by atoms with Gasteiger partial charge in [-0.15, -0.1) is 0 Å². The van der Waals surface area contributed by atoms with Gasteiger partial charge in [0.2, 0.25) is 15.9 Å². The topological polar surface area (TPSA) is 103 Å². The van der Waals surface area contributed by atoms with Crippen LogP contribution >= 0.6 is 0 Å². The summed E-state index contributed by atoms with van der Waals surface area (Å²) in [7, 11) is -0.659. The van der Waals surface area contributed by atoms with Crippen molar-refractivity contribution in [2.75, 3.05) is 52.1 Å². The second kappa shape index (κ2) is 8.99. The standard InChI is InChI=1S/C20H26N4O5S/c1-15-7-8-18(29-15)20(26)24-11-9-23(10-12-24)14-19(25)21-16-5-4-6-17(13-16)30(27,28)22(2)3/h4-8,13H,9-12,14H2,1-3H3,(H,21,25). The minimum atomic E-state index is -3.57. The van der Waals surface area contributed by atoms with Crippen LogP contribution in [0.3, 0.4) is 0 Å². The first-order valence-corrected chi connectivity index (χ1v) is 11.0. The number of hydrogen-bond acceptors (Lipinski definition) is 6. The molecule has 1 saturated heterocycles. The Hall–Kier alpha value is -2.69. The summed E-state index contributed by atoms with van der Waals surface area (Å²) in [4.78, 5) is 28.6. The van der Waals surface area contributed by atoms with Crippen molar-refractivity contribution in [3.63, 3.8) is 0 Å². The quantitative estimate of drug-likeness (QED) is 0.734. The third-order valence-corrected chi connectivity index (χ3v) is 6.69. The molecule has 0 radical (unpaired) electrons. The molecule has 1 aliphatic heterocycles. The predicted octanol–water partition coefficient (Wildman–Crippen LogP) is 1.23. The van der Waals surface area contributed by atoms with Gasteiger partial charge >= 0.3 is 0 Å². The summed E-state index contributed by atoms with van der Waals surface area (Å²) in [5.74, 6) is 0.629. The first-order valence-electron chi connectivity index (χ1n) is 9.57. The fraction of sp³-hybridized carbons (Fsp3) is 0.400. The van der Waals surface area contributed by atoms with Gasteiger partial charge in [0, 0.05) is 46.0 Å². The molecule has 1 aliphatic rings. The lowest BCUT2D eigenvalue weighted by Crippen LogP contribution is -2.50. The first-order chi connectivity index (χ1) is 14.2. The molecule has 30 heavy (non-hydrogen) atoms. The summed E-state index contributed by atoms with van der Waals surface area (Å²) < 4.78 is 31.0. The van der Waals surface area contributed by atoms with Crippen molar-refractivity contribution in [3.8, 4) is 0 Å². The number of carbonyl (C=O) groups excluding carboxylic acids is 2. The minimum absolute atomic E-state index is 0.116. The Labute approximate surface area is 176 Å². The van der Waals surface area contributed by atoms with E-state index in [2.05, 4.69) is 5.32 Å². The molecule has 0 spiro atoms. The summed E-state index contributed by atoms with van der Waals surface area (Å²) in [5, 5.41) is 2.74. The van der Waals surface area contributed by atoms with E-state index in [4.69, 9.17) is 4.42 Å². The van der Waals surface area contributed by atoms with Crippen molar-refractivity contribution in [3.05, 3.63) is 47.9 Å². The van der Waals surface area contributed by atoms with Crippen LogP contribution in [0.5, 0.6) is 0 Å². The maximum absolute atomic E-state index is 12.4. The second-order valence-electron chi connectivity index (χ2n) is 7.34. The molecule has 0 unspecified atom stereocenters. The van der Waals surface area contributed by atoms with Crippen LogP contribution in [0.15, 0.2) is 45.7 Å². The SMILES string of the molecule is Cc1ccc(C(=O)N2CCN(CC(=O)Nc3cccc(S(=O)(=O)N(C)C)c3)CC2)o1. The average Bonchev–Trinajstić information content (AvgIpc) is 3.14. The molecule has 162 valence electrons. The summed E-state index contributed by atoms with van der Waals surface area (Å²) in [6.07, 6.45) is 0. The molecule has 0 saturated carbocycles. The van der Waals surface area contributed by atoms with Crippen LogP contribution in [-0.2, 0) is 14.8 Å². The number of amides is 2. The molecule has 1 fully saturated rings. The number of hydrogen-bond donors (Lipinski definition) is 1. The molecular formula is C20H26N4O5S. The molecule has 1 aromatic carbocycles. The number of benzene rings is 1. The molecule has 9 nitrogen and oxygen atoms in total.